The number of benzene rings is 1. The van der Waals surface area contributed by atoms with Crippen LogP contribution in [-0.2, 0) is 6.54 Å². The third-order valence-electron chi connectivity index (χ3n) is 2.61. The Morgan fingerprint density at radius 1 is 1.31 bits per heavy atom. The van der Waals surface area contributed by atoms with E-state index in [1.54, 1.807) is 12.1 Å². The summed E-state index contributed by atoms with van der Waals surface area (Å²) in [6.45, 7) is 4.52. The number of nitrogens with zero attached hydrogens (tertiary/aromatic N) is 1. The summed E-state index contributed by atoms with van der Waals surface area (Å²) in [4.78, 5) is 2.23. The fraction of sp³-hybridized carbons (Fsp3) is 0.455. The summed E-state index contributed by atoms with van der Waals surface area (Å²) in [7, 11) is 0. The van der Waals surface area contributed by atoms with Crippen LogP contribution in [0.2, 0.25) is 5.02 Å². The highest BCUT2D eigenvalue weighted by molar-refractivity contribution is 6.30. The maximum atomic E-state index is 13.4. The quantitative estimate of drug-likeness (QED) is 0.882. The number of halogens is 3. The van der Waals surface area contributed by atoms with Gasteiger partial charge in [0.05, 0.1) is 0 Å². The zero-order valence-electron chi connectivity index (χ0n) is 8.88. The molecule has 0 spiro atoms. The largest absolute Gasteiger partial charge is 0.314 e. The molecule has 1 aliphatic heterocycles. The molecule has 1 aliphatic rings. The van der Waals surface area contributed by atoms with Crippen molar-refractivity contribution >= 4 is 24.0 Å². The van der Waals surface area contributed by atoms with Crippen LogP contribution in [0, 0.1) is 5.82 Å². The minimum Gasteiger partial charge on any atom is -0.314 e. The lowest BCUT2D eigenvalue weighted by Crippen LogP contribution is -2.43. The van der Waals surface area contributed by atoms with Gasteiger partial charge in [-0.1, -0.05) is 11.6 Å². The Balaban J connectivity index is 0.00000128. The van der Waals surface area contributed by atoms with Crippen LogP contribution in [0.15, 0.2) is 18.2 Å². The molecule has 1 heterocycles. The van der Waals surface area contributed by atoms with Gasteiger partial charge in [-0.3, -0.25) is 4.90 Å². The van der Waals surface area contributed by atoms with Crippen molar-refractivity contribution in [3.05, 3.63) is 34.6 Å². The second-order valence-corrected chi connectivity index (χ2v) is 4.20. The van der Waals surface area contributed by atoms with Crippen molar-refractivity contribution < 1.29 is 4.39 Å². The van der Waals surface area contributed by atoms with Gasteiger partial charge in [0.15, 0.2) is 0 Å². The summed E-state index contributed by atoms with van der Waals surface area (Å²) < 4.78 is 13.4. The van der Waals surface area contributed by atoms with Crippen LogP contribution in [-0.4, -0.2) is 31.1 Å². The first-order chi connectivity index (χ1) is 7.25. The van der Waals surface area contributed by atoms with Gasteiger partial charge in [-0.05, 0) is 18.2 Å². The van der Waals surface area contributed by atoms with E-state index >= 15 is 0 Å². The van der Waals surface area contributed by atoms with Crippen molar-refractivity contribution in [2.45, 2.75) is 6.54 Å². The van der Waals surface area contributed by atoms with Crippen molar-refractivity contribution in [1.82, 2.24) is 10.2 Å². The number of hydrogen-bond acceptors (Lipinski definition) is 2. The molecule has 1 aromatic carbocycles. The molecule has 0 aromatic heterocycles. The molecule has 16 heavy (non-hydrogen) atoms. The van der Waals surface area contributed by atoms with Crippen LogP contribution in [0.25, 0.3) is 0 Å². The first kappa shape index (κ1) is 13.7. The molecular weight excluding hydrogens is 250 g/mol. The van der Waals surface area contributed by atoms with Gasteiger partial charge < -0.3 is 5.32 Å². The minimum atomic E-state index is -0.169. The highest BCUT2D eigenvalue weighted by atomic mass is 35.5. The molecule has 0 bridgehead atoms. The highest BCUT2D eigenvalue weighted by Gasteiger charge is 2.12. The molecule has 1 aromatic rings. The monoisotopic (exact) mass is 264 g/mol. The van der Waals surface area contributed by atoms with E-state index < -0.39 is 0 Å². The van der Waals surface area contributed by atoms with E-state index in [2.05, 4.69) is 10.2 Å². The summed E-state index contributed by atoms with van der Waals surface area (Å²) in [5.74, 6) is -0.169. The van der Waals surface area contributed by atoms with Gasteiger partial charge in [0, 0.05) is 43.3 Å². The van der Waals surface area contributed by atoms with Crippen LogP contribution >= 0.6 is 24.0 Å². The Bertz CT molecular complexity index is 341. The van der Waals surface area contributed by atoms with Crippen molar-refractivity contribution in [3.8, 4) is 0 Å². The van der Waals surface area contributed by atoms with Crippen LogP contribution < -0.4 is 5.32 Å². The number of piperazine rings is 1. The predicted octanol–water partition coefficient (Wildman–Crippen LogP) is 2.31. The van der Waals surface area contributed by atoms with E-state index in [1.165, 1.54) is 6.07 Å². The van der Waals surface area contributed by atoms with Crippen molar-refractivity contribution in [3.63, 3.8) is 0 Å². The average Bonchev–Trinajstić information content (AvgIpc) is 2.25. The lowest BCUT2D eigenvalue weighted by molar-refractivity contribution is 0.230. The Kier molecular flexibility index (Phi) is 5.49. The first-order valence-corrected chi connectivity index (χ1v) is 5.50. The molecule has 2 rings (SSSR count). The zero-order chi connectivity index (χ0) is 10.7. The van der Waals surface area contributed by atoms with Gasteiger partial charge in [0.1, 0.15) is 5.82 Å². The number of hydrogen-bond donors (Lipinski definition) is 1. The van der Waals surface area contributed by atoms with E-state index in [4.69, 9.17) is 11.6 Å². The van der Waals surface area contributed by atoms with Gasteiger partial charge in [-0.25, -0.2) is 4.39 Å². The van der Waals surface area contributed by atoms with Crippen LogP contribution in [0.3, 0.4) is 0 Å². The summed E-state index contributed by atoms with van der Waals surface area (Å²) in [5, 5.41) is 3.86. The molecule has 5 heteroatoms. The second-order valence-electron chi connectivity index (χ2n) is 3.76. The normalized spacial score (nSPS) is 16.9. The summed E-state index contributed by atoms with van der Waals surface area (Å²) in [6, 6.07) is 4.72. The van der Waals surface area contributed by atoms with Crippen LogP contribution in [0.1, 0.15) is 5.56 Å². The SMILES string of the molecule is Cl.Fc1ccc(Cl)cc1CN1CCNCC1. The third kappa shape index (κ3) is 3.59. The van der Waals surface area contributed by atoms with E-state index in [0.29, 0.717) is 17.1 Å². The van der Waals surface area contributed by atoms with Crippen molar-refractivity contribution in [1.29, 1.82) is 0 Å². The highest BCUT2D eigenvalue weighted by Crippen LogP contribution is 2.16. The summed E-state index contributed by atoms with van der Waals surface area (Å²) in [6.07, 6.45) is 0. The first-order valence-electron chi connectivity index (χ1n) is 5.13. The van der Waals surface area contributed by atoms with Gasteiger partial charge >= 0.3 is 0 Å². The lowest BCUT2D eigenvalue weighted by Gasteiger charge is -2.27. The molecule has 1 saturated heterocycles. The Morgan fingerprint density at radius 3 is 2.69 bits per heavy atom. The molecule has 1 fully saturated rings. The van der Waals surface area contributed by atoms with Gasteiger partial charge in [0.25, 0.3) is 0 Å². The van der Waals surface area contributed by atoms with Crippen molar-refractivity contribution in [2.75, 3.05) is 26.2 Å². The Morgan fingerprint density at radius 2 is 2.00 bits per heavy atom. The van der Waals surface area contributed by atoms with E-state index in [0.717, 1.165) is 26.2 Å². The second kappa shape index (κ2) is 6.40. The molecule has 2 nitrogen and oxygen atoms in total. The standard InChI is InChI=1S/C11H14ClFN2.ClH/c12-10-1-2-11(13)9(7-10)8-15-5-3-14-4-6-15;/h1-2,7,14H,3-6,8H2;1H. The summed E-state index contributed by atoms with van der Waals surface area (Å²) >= 11 is 5.84. The molecule has 0 amide bonds. The fourth-order valence-corrected chi connectivity index (χ4v) is 1.97. The van der Waals surface area contributed by atoms with Crippen LogP contribution in [0.5, 0.6) is 0 Å². The molecular formula is C11H15Cl2FN2. The smallest absolute Gasteiger partial charge is 0.127 e. The molecule has 1 N–H and O–H groups in total. The minimum absolute atomic E-state index is 0. The molecule has 0 radical (unpaired) electrons. The lowest BCUT2D eigenvalue weighted by atomic mass is 10.2. The summed E-state index contributed by atoms with van der Waals surface area (Å²) in [5.41, 5.74) is 0.685. The molecule has 90 valence electrons. The average molecular weight is 265 g/mol. The fourth-order valence-electron chi connectivity index (χ4n) is 1.77. The van der Waals surface area contributed by atoms with Gasteiger partial charge in [-0.15, -0.1) is 12.4 Å². The molecule has 0 unspecified atom stereocenters. The van der Waals surface area contributed by atoms with Crippen LogP contribution in [0.4, 0.5) is 4.39 Å². The van der Waals surface area contributed by atoms with E-state index in [-0.39, 0.29) is 18.2 Å². The maximum Gasteiger partial charge on any atom is 0.127 e. The van der Waals surface area contributed by atoms with Gasteiger partial charge in [0.2, 0.25) is 0 Å². The molecule has 0 atom stereocenters. The number of rotatable bonds is 2. The Hall–Kier alpha value is -0.350. The Labute approximate surface area is 106 Å². The molecule has 0 saturated carbocycles. The third-order valence-corrected chi connectivity index (χ3v) is 2.85. The predicted molar refractivity (Wildman–Crippen MR) is 66.8 cm³/mol. The van der Waals surface area contributed by atoms with E-state index in [9.17, 15) is 4.39 Å². The van der Waals surface area contributed by atoms with Gasteiger partial charge in [-0.2, -0.15) is 0 Å². The van der Waals surface area contributed by atoms with Crippen molar-refractivity contribution in [2.24, 2.45) is 0 Å². The molecule has 0 aliphatic carbocycles. The topological polar surface area (TPSA) is 15.3 Å². The zero-order valence-corrected chi connectivity index (χ0v) is 10.5. The van der Waals surface area contributed by atoms with E-state index in [1.807, 2.05) is 0 Å². The number of nitrogens with one attached hydrogen (secondary N) is 1. The maximum absolute atomic E-state index is 13.4.